The van der Waals surface area contributed by atoms with Crippen LogP contribution in [0.25, 0.3) is 22.3 Å². The van der Waals surface area contributed by atoms with E-state index in [1.165, 1.54) is 5.56 Å². The molecule has 1 amide bonds. The van der Waals surface area contributed by atoms with Crippen LogP contribution in [0.4, 0.5) is 11.4 Å². The lowest BCUT2D eigenvalue weighted by Gasteiger charge is -2.36. The smallest absolute Gasteiger partial charge is 0.255 e. The van der Waals surface area contributed by atoms with E-state index < -0.39 is 0 Å². The van der Waals surface area contributed by atoms with E-state index >= 15 is 0 Å². The zero-order chi connectivity index (χ0) is 32.2. The summed E-state index contributed by atoms with van der Waals surface area (Å²) in [7, 11) is 0. The highest BCUT2D eigenvalue weighted by Gasteiger charge is 2.30. The number of fused-ring (bicyclic) bond motifs is 3. The number of hydrogen-bond donors (Lipinski definition) is 1. The van der Waals surface area contributed by atoms with Crippen molar-refractivity contribution in [3.05, 3.63) is 100 Å². The van der Waals surface area contributed by atoms with Crippen LogP contribution in [0.2, 0.25) is 0 Å². The Morgan fingerprint density at radius 1 is 0.978 bits per heavy atom. The molecule has 6 rings (SSSR count). The minimum Gasteiger partial charge on any atom is -0.492 e. The van der Waals surface area contributed by atoms with Gasteiger partial charge in [0.25, 0.3) is 5.91 Å². The quantitative estimate of drug-likeness (QED) is 0.145. The molecule has 4 aromatic rings. The molecule has 2 aliphatic heterocycles. The minimum atomic E-state index is -0.173. The second kappa shape index (κ2) is 14.1. The predicted molar refractivity (Wildman–Crippen MR) is 188 cm³/mol. The summed E-state index contributed by atoms with van der Waals surface area (Å²) in [6.07, 6.45) is 3.43. The fraction of sp³-hybridized carbons (Fsp3) is 0.316. The molecular weight excluding hydrogens is 595 g/mol. The molecule has 1 fully saturated rings. The normalized spacial score (nSPS) is 14.4. The fourth-order valence-corrected chi connectivity index (χ4v) is 7.28. The number of carbonyl (C=O) groups excluding carboxylic acids is 2. The lowest BCUT2D eigenvalue weighted by molar-refractivity contribution is -0.107. The number of carbonyl (C=O) groups is 2. The van der Waals surface area contributed by atoms with Crippen LogP contribution in [0.1, 0.15) is 38.2 Å². The molecule has 1 N–H and O–H groups in total. The van der Waals surface area contributed by atoms with Crippen molar-refractivity contribution in [2.24, 2.45) is 0 Å². The first-order valence-electron chi connectivity index (χ1n) is 15.8. The first kappa shape index (κ1) is 31.9. The minimum absolute atomic E-state index is 0.173. The average Bonchev–Trinajstić information content (AvgIpc) is 3.07. The largest absolute Gasteiger partial charge is 0.492 e. The fourth-order valence-electron chi connectivity index (χ4n) is 6.60. The maximum Gasteiger partial charge on any atom is 0.255 e. The SMILES string of the molecule is CSN1Cc2ccc(C(=O)Nc3cccc(OCCN4CCOCC4)c3)cc2-c2c(C)c(-c3ccc(C)cc3)c(CC=O)c(C)c21. The maximum atomic E-state index is 13.7. The van der Waals surface area contributed by atoms with Crippen LogP contribution in [0, 0.1) is 20.8 Å². The third-order valence-electron chi connectivity index (χ3n) is 9.02. The molecule has 0 aromatic heterocycles. The highest BCUT2D eigenvalue weighted by atomic mass is 32.2. The molecule has 0 radical (unpaired) electrons. The number of aryl methyl sites for hydroxylation is 1. The van der Waals surface area contributed by atoms with Crippen molar-refractivity contribution in [1.82, 2.24) is 4.90 Å². The third kappa shape index (κ3) is 6.56. The molecule has 0 aliphatic carbocycles. The van der Waals surface area contributed by atoms with Crippen LogP contribution < -0.4 is 14.4 Å². The van der Waals surface area contributed by atoms with Gasteiger partial charge in [-0.25, -0.2) is 0 Å². The molecular formula is C38H41N3O4S. The second-order valence-electron chi connectivity index (χ2n) is 11.9. The van der Waals surface area contributed by atoms with E-state index in [0.717, 1.165) is 95.1 Å². The molecule has 8 heteroatoms. The van der Waals surface area contributed by atoms with Gasteiger partial charge in [0.15, 0.2) is 0 Å². The summed E-state index contributed by atoms with van der Waals surface area (Å²) in [5.41, 5.74) is 12.4. The van der Waals surface area contributed by atoms with Gasteiger partial charge in [0.1, 0.15) is 18.6 Å². The van der Waals surface area contributed by atoms with Gasteiger partial charge in [-0.2, -0.15) is 0 Å². The number of hydrogen-bond acceptors (Lipinski definition) is 7. The van der Waals surface area contributed by atoms with Crippen molar-refractivity contribution in [2.75, 3.05) is 55.3 Å². The molecule has 4 aromatic carbocycles. The molecule has 1 saturated heterocycles. The van der Waals surface area contributed by atoms with Crippen LogP contribution in [-0.4, -0.2) is 62.8 Å². The number of amides is 1. The summed E-state index contributed by atoms with van der Waals surface area (Å²) >= 11 is 1.68. The lowest BCUT2D eigenvalue weighted by atomic mass is 9.80. The van der Waals surface area contributed by atoms with Crippen LogP contribution in [-0.2, 0) is 22.5 Å². The van der Waals surface area contributed by atoms with E-state index in [1.54, 1.807) is 11.9 Å². The molecule has 7 nitrogen and oxygen atoms in total. The number of anilines is 2. The molecule has 0 bridgehead atoms. The first-order chi connectivity index (χ1) is 22.4. The Labute approximate surface area is 276 Å². The lowest BCUT2D eigenvalue weighted by Crippen LogP contribution is -2.38. The van der Waals surface area contributed by atoms with Gasteiger partial charge in [-0.1, -0.05) is 53.9 Å². The number of aldehydes is 1. The Morgan fingerprint density at radius 2 is 1.76 bits per heavy atom. The van der Waals surface area contributed by atoms with E-state index in [0.29, 0.717) is 30.8 Å². The van der Waals surface area contributed by atoms with Crippen LogP contribution in [0.3, 0.4) is 0 Å². The highest BCUT2D eigenvalue weighted by molar-refractivity contribution is 7.99. The standard InChI is InChI=1S/C38H41N3O4S/c1-25-8-10-28(11-9-25)35-27(3)36-34-22-29(12-13-30(34)24-41(46-4)37(36)26(2)33(35)14-18-42)38(43)39-31-6-5-7-32(23-31)45-21-17-40-15-19-44-20-16-40/h5-13,18,22-23H,14-17,19-21,24H2,1-4H3,(H,39,43). The molecule has 0 saturated carbocycles. The molecule has 2 heterocycles. The zero-order valence-electron chi connectivity index (χ0n) is 27.0. The summed E-state index contributed by atoms with van der Waals surface area (Å²) in [5, 5.41) is 3.08. The van der Waals surface area contributed by atoms with Gasteiger partial charge in [0.2, 0.25) is 0 Å². The van der Waals surface area contributed by atoms with E-state index in [-0.39, 0.29) is 5.91 Å². The van der Waals surface area contributed by atoms with Crippen molar-refractivity contribution >= 4 is 35.5 Å². The number of nitrogens with zero attached hydrogens (tertiary/aromatic N) is 2. The Kier molecular flexibility index (Phi) is 9.78. The molecule has 0 atom stereocenters. The van der Waals surface area contributed by atoms with Gasteiger partial charge in [-0.15, -0.1) is 0 Å². The van der Waals surface area contributed by atoms with E-state index in [4.69, 9.17) is 9.47 Å². The Balaban J connectivity index is 1.31. The van der Waals surface area contributed by atoms with E-state index in [2.05, 4.69) is 71.9 Å². The van der Waals surface area contributed by atoms with Crippen molar-refractivity contribution in [1.29, 1.82) is 0 Å². The third-order valence-corrected chi connectivity index (χ3v) is 9.77. The highest BCUT2D eigenvalue weighted by Crippen LogP contribution is 2.50. The van der Waals surface area contributed by atoms with Crippen molar-refractivity contribution < 1.29 is 19.1 Å². The van der Waals surface area contributed by atoms with Gasteiger partial charge in [-0.05, 0) is 84.0 Å². The second-order valence-corrected chi connectivity index (χ2v) is 12.7. The zero-order valence-corrected chi connectivity index (χ0v) is 27.8. The van der Waals surface area contributed by atoms with Crippen molar-refractivity contribution in [2.45, 2.75) is 33.7 Å². The number of rotatable bonds is 10. The molecule has 2 aliphatic rings. The van der Waals surface area contributed by atoms with Gasteiger partial charge >= 0.3 is 0 Å². The first-order valence-corrected chi connectivity index (χ1v) is 17.0. The Morgan fingerprint density at radius 3 is 2.50 bits per heavy atom. The van der Waals surface area contributed by atoms with Crippen LogP contribution in [0.15, 0.2) is 66.7 Å². The number of nitrogens with one attached hydrogen (secondary N) is 1. The molecule has 46 heavy (non-hydrogen) atoms. The van der Waals surface area contributed by atoms with Gasteiger partial charge in [-0.3, -0.25) is 9.69 Å². The van der Waals surface area contributed by atoms with E-state index in [1.807, 2.05) is 36.4 Å². The topological polar surface area (TPSA) is 71.1 Å². The number of benzene rings is 4. The summed E-state index contributed by atoms with van der Waals surface area (Å²) in [5.74, 6) is 0.552. The average molecular weight is 636 g/mol. The Bertz CT molecular complexity index is 1750. The van der Waals surface area contributed by atoms with Gasteiger partial charge in [0.05, 0.1) is 25.4 Å². The van der Waals surface area contributed by atoms with Crippen LogP contribution >= 0.6 is 11.9 Å². The van der Waals surface area contributed by atoms with E-state index in [9.17, 15) is 9.59 Å². The van der Waals surface area contributed by atoms with Crippen molar-refractivity contribution in [3.63, 3.8) is 0 Å². The number of morpholine rings is 1. The van der Waals surface area contributed by atoms with Crippen molar-refractivity contribution in [3.8, 4) is 28.0 Å². The molecule has 0 spiro atoms. The summed E-state index contributed by atoms with van der Waals surface area (Å²) in [6, 6.07) is 22.1. The monoisotopic (exact) mass is 635 g/mol. The van der Waals surface area contributed by atoms with Gasteiger partial charge in [0, 0.05) is 55.2 Å². The van der Waals surface area contributed by atoms with Crippen LogP contribution in [0.5, 0.6) is 5.75 Å². The predicted octanol–water partition coefficient (Wildman–Crippen LogP) is 7.25. The summed E-state index contributed by atoms with van der Waals surface area (Å²) < 4.78 is 13.7. The Hall–Kier alpha value is -4.11. The van der Waals surface area contributed by atoms with Gasteiger partial charge < -0.3 is 23.9 Å². The summed E-state index contributed by atoms with van der Waals surface area (Å²) in [6.45, 7) is 11.8. The molecule has 0 unspecified atom stereocenters. The number of ether oxygens (including phenoxy) is 2. The summed E-state index contributed by atoms with van der Waals surface area (Å²) in [4.78, 5) is 27.9. The maximum absolute atomic E-state index is 13.7. The molecule has 238 valence electrons.